The molecular weight excluding hydrogens is 150 g/mol. The third-order valence-electron chi connectivity index (χ3n) is 1.90. The number of pyridine rings is 1. The Morgan fingerprint density at radius 3 is 2.92 bits per heavy atom. The highest BCUT2D eigenvalue weighted by atomic mass is 16.1. The average Bonchev–Trinajstić information content (AvgIpc) is 2.10. The van der Waals surface area contributed by atoms with Crippen molar-refractivity contribution in [1.82, 2.24) is 4.57 Å². The van der Waals surface area contributed by atoms with Crippen molar-refractivity contribution >= 4 is 0 Å². The van der Waals surface area contributed by atoms with Crippen LogP contribution < -0.4 is 5.56 Å². The molecule has 12 heavy (non-hydrogen) atoms. The van der Waals surface area contributed by atoms with Crippen LogP contribution in [-0.4, -0.2) is 4.57 Å². The van der Waals surface area contributed by atoms with Crippen LogP contribution in [0.5, 0.6) is 0 Å². The van der Waals surface area contributed by atoms with Crippen molar-refractivity contribution in [3.8, 4) is 0 Å². The van der Waals surface area contributed by atoms with Crippen molar-refractivity contribution in [3.63, 3.8) is 0 Å². The van der Waals surface area contributed by atoms with E-state index in [4.69, 9.17) is 0 Å². The molecule has 0 unspecified atom stereocenters. The number of hydrogen-bond donors (Lipinski definition) is 0. The molecule has 1 heterocycles. The van der Waals surface area contributed by atoms with E-state index in [2.05, 4.69) is 6.58 Å². The smallest absolute Gasteiger partial charge is 0.251 e. The summed E-state index contributed by atoms with van der Waals surface area (Å²) >= 11 is 0. The fourth-order valence-corrected chi connectivity index (χ4v) is 1.19. The molecule has 0 aliphatic carbocycles. The molecule has 2 heteroatoms. The molecule has 0 amide bonds. The van der Waals surface area contributed by atoms with Gasteiger partial charge in [-0.25, -0.2) is 0 Å². The Morgan fingerprint density at radius 1 is 1.67 bits per heavy atom. The first kappa shape index (κ1) is 8.78. The molecule has 0 saturated heterocycles. The minimum Gasteiger partial charge on any atom is -0.309 e. The van der Waals surface area contributed by atoms with E-state index in [1.54, 1.807) is 29.0 Å². The third-order valence-corrected chi connectivity index (χ3v) is 1.90. The van der Waals surface area contributed by atoms with Gasteiger partial charge >= 0.3 is 0 Å². The molecule has 1 rings (SSSR count). The highest BCUT2D eigenvalue weighted by Gasteiger charge is 2.02. The van der Waals surface area contributed by atoms with E-state index in [1.807, 2.05) is 13.0 Å². The van der Waals surface area contributed by atoms with Gasteiger partial charge in [0.2, 0.25) is 0 Å². The van der Waals surface area contributed by atoms with E-state index in [9.17, 15) is 4.79 Å². The van der Waals surface area contributed by atoms with Gasteiger partial charge in [0.25, 0.3) is 5.56 Å². The molecule has 0 spiro atoms. The first-order valence-electron chi connectivity index (χ1n) is 4.09. The van der Waals surface area contributed by atoms with E-state index < -0.39 is 0 Å². The Kier molecular flexibility index (Phi) is 2.86. The van der Waals surface area contributed by atoms with E-state index >= 15 is 0 Å². The fourth-order valence-electron chi connectivity index (χ4n) is 1.19. The summed E-state index contributed by atoms with van der Waals surface area (Å²) in [7, 11) is 0. The monoisotopic (exact) mass is 163 g/mol. The Hall–Kier alpha value is -1.31. The van der Waals surface area contributed by atoms with E-state index in [0.717, 1.165) is 6.42 Å². The topological polar surface area (TPSA) is 22.0 Å². The van der Waals surface area contributed by atoms with Crippen LogP contribution in [0.25, 0.3) is 0 Å². The molecule has 0 saturated carbocycles. The zero-order valence-corrected chi connectivity index (χ0v) is 7.23. The van der Waals surface area contributed by atoms with Crippen LogP contribution in [-0.2, 0) is 0 Å². The predicted octanol–water partition coefficient (Wildman–Crippen LogP) is 1.99. The number of rotatable bonds is 3. The molecule has 0 fully saturated rings. The molecule has 64 valence electrons. The Balaban J connectivity index is 3.08. The van der Waals surface area contributed by atoms with Crippen LogP contribution in [0.1, 0.15) is 19.4 Å². The van der Waals surface area contributed by atoms with Gasteiger partial charge in [-0.3, -0.25) is 4.79 Å². The van der Waals surface area contributed by atoms with Gasteiger partial charge in [-0.1, -0.05) is 19.1 Å². The van der Waals surface area contributed by atoms with Crippen LogP contribution >= 0.6 is 0 Å². The summed E-state index contributed by atoms with van der Waals surface area (Å²) in [6.45, 7) is 5.72. The van der Waals surface area contributed by atoms with Crippen molar-refractivity contribution in [2.24, 2.45) is 0 Å². The molecule has 1 aromatic rings. The van der Waals surface area contributed by atoms with Gasteiger partial charge in [0.05, 0.1) is 6.04 Å². The molecule has 0 radical (unpaired) electrons. The molecule has 0 aliphatic heterocycles. The van der Waals surface area contributed by atoms with Crippen molar-refractivity contribution in [2.45, 2.75) is 19.4 Å². The van der Waals surface area contributed by atoms with E-state index in [0.29, 0.717) is 0 Å². The van der Waals surface area contributed by atoms with Crippen molar-refractivity contribution in [3.05, 3.63) is 47.4 Å². The first-order valence-corrected chi connectivity index (χ1v) is 4.09. The van der Waals surface area contributed by atoms with Gasteiger partial charge in [-0.15, -0.1) is 6.58 Å². The highest BCUT2D eigenvalue weighted by molar-refractivity contribution is 4.98. The summed E-state index contributed by atoms with van der Waals surface area (Å²) in [6, 6.07) is 5.28. The fraction of sp³-hybridized carbons (Fsp3) is 0.300. The second-order valence-corrected chi connectivity index (χ2v) is 2.66. The lowest BCUT2D eigenvalue weighted by Crippen LogP contribution is -2.21. The third kappa shape index (κ3) is 1.64. The number of nitrogens with zero attached hydrogens (tertiary/aromatic N) is 1. The zero-order valence-electron chi connectivity index (χ0n) is 7.23. The largest absolute Gasteiger partial charge is 0.309 e. The van der Waals surface area contributed by atoms with Gasteiger partial charge in [0.1, 0.15) is 0 Å². The normalized spacial score (nSPS) is 12.4. The summed E-state index contributed by atoms with van der Waals surface area (Å²) in [5.74, 6) is 0. The molecule has 1 atom stereocenters. The maximum atomic E-state index is 11.3. The minimum atomic E-state index is 0.0317. The second kappa shape index (κ2) is 3.90. The number of allylic oxidation sites excluding steroid dienone is 1. The van der Waals surface area contributed by atoms with Crippen LogP contribution in [0.4, 0.5) is 0 Å². The average molecular weight is 163 g/mol. The van der Waals surface area contributed by atoms with Gasteiger partial charge in [0.15, 0.2) is 0 Å². The lowest BCUT2D eigenvalue weighted by molar-refractivity contribution is 0.567. The van der Waals surface area contributed by atoms with Gasteiger partial charge in [-0.05, 0) is 12.5 Å². The van der Waals surface area contributed by atoms with Gasteiger partial charge in [-0.2, -0.15) is 0 Å². The highest BCUT2D eigenvalue weighted by Crippen LogP contribution is 2.07. The van der Waals surface area contributed by atoms with Crippen LogP contribution in [0.3, 0.4) is 0 Å². The number of aromatic nitrogens is 1. The lowest BCUT2D eigenvalue weighted by atomic mass is 10.2. The summed E-state index contributed by atoms with van der Waals surface area (Å²) < 4.78 is 1.69. The second-order valence-electron chi connectivity index (χ2n) is 2.66. The van der Waals surface area contributed by atoms with Gasteiger partial charge in [0, 0.05) is 12.3 Å². The predicted molar refractivity (Wildman–Crippen MR) is 50.2 cm³/mol. The van der Waals surface area contributed by atoms with Crippen molar-refractivity contribution < 1.29 is 0 Å². The Labute approximate surface area is 72.2 Å². The molecule has 0 aromatic carbocycles. The minimum absolute atomic E-state index is 0.0317. The van der Waals surface area contributed by atoms with E-state index in [-0.39, 0.29) is 11.6 Å². The molecule has 1 aromatic heterocycles. The quantitative estimate of drug-likeness (QED) is 0.624. The van der Waals surface area contributed by atoms with Crippen molar-refractivity contribution in [1.29, 1.82) is 0 Å². The standard InChI is InChI=1S/C10H13NO/c1-3-9(4-2)11-8-6-5-7-10(11)12/h3,5-9H,1,4H2,2H3/t9-/m0/s1. The summed E-state index contributed by atoms with van der Waals surface area (Å²) in [6.07, 6.45) is 4.48. The van der Waals surface area contributed by atoms with Crippen LogP contribution in [0, 0.1) is 0 Å². The van der Waals surface area contributed by atoms with Crippen LogP contribution in [0.15, 0.2) is 41.8 Å². The summed E-state index contributed by atoms with van der Waals surface area (Å²) in [5.41, 5.74) is 0.0317. The molecule has 0 aliphatic rings. The SMILES string of the molecule is C=C[C@@H](CC)n1ccccc1=O. The molecular formula is C10H13NO. The zero-order chi connectivity index (χ0) is 8.97. The summed E-state index contributed by atoms with van der Waals surface area (Å²) in [5, 5.41) is 0. The molecule has 0 bridgehead atoms. The summed E-state index contributed by atoms with van der Waals surface area (Å²) in [4.78, 5) is 11.3. The lowest BCUT2D eigenvalue weighted by Gasteiger charge is -2.12. The maximum Gasteiger partial charge on any atom is 0.251 e. The Bertz CT molecular complexity index is 314. The number of hydrogen-bond acceptors (Lipinski definition) is 1. The van der Waals surface area contributed by atoms with Crippen LogP contribution in [0.2, 0.25) is 0 Å². The molecule has 0 N–H and O–H groups in total. The van der Waals surface area contributed by atoms with E-state index in [1.165, 1.54) is 0 Å². The molecule has 2 nitrogen and oxygen atoms in total. The van der Waals surface area contributed by atoms with Crippen molar-refractivity contribution in [2.75, 3.05) is 0 Å². The Morgan fingerprint density at radius 2 is 2.42 bits per heavy atom. The first-order chi connectivity index (χ1) is 5.79. The van der Waals surface area contributed by atoms with Gasteiger partial charge < -0.3 is 4.57 Å². The maximum absolute atomic E-state index is 11.3.